The predicted octanol–water partition coefficient (Wildman–Crippen LogP) is -0.788. The zero-order valence-electron chi connectivity index (χ0n) is 13.4. The number of aliphatic hydroxyl groups is 3. The Kier molecular flexibility index (Phi) is 5.89. The lowest BCUT2D eigenvalue weighted by Gasteiger charge is -2.42. The quantitative estimate of drug-likeness (QED) is 0.518. The molecule has 0 spiro atoms. The van der Waals surface area contributed by atoms with E-state index >= 15 is 0 Å². The van der Waals surface area contributed by atoms with E-state index in [1.54, 1.807) is 24.3 Å². The second-order valence-electron chi connectivity index (χ2n) is 5.63. The van der Waals surface area contributed by atoms with Gasteiger partial charge in [-0.15, -0.1) is 0 Å². The van der Waals surface area contributed by atoms with E-state index in [1.807, 2.05) is 0 Å². The molecule has 132 valence electrons. The van der Waals surface area contributed by atoms with Crippen LogP contribution in [0.1, 0.15) is 24.2 Å². The number of nitrogens with one attached hydrogen (secondary N) is 1. The molecule has 8 heteroatoms. The molecule has 5 atom stereocenters. The van der Waals surface area contributed by atoms with Crippen LogP contribution in [0.2, 0.25) is 0 Å². The summed E-state index contributed by atoms with van der Waals surface area (Å²) in [6.07, 6.45) is -4.91. The van der Waals surface area contributed by atoms with Gasteiger partial charge in [0, 0.05) is 12.5 Å². The highest BCUT2D eigenvalue weighted by atomic mass is 16.7. The van der Waals surface area contributed by atoms with Crippen LogP contribution in [0.25, 0.3) is 0 Å². The Morgan fingerprint density at radius 3 is 2.29 bits per heavy atom. The number of amides is 1. The molecular formula is C16H21NO7. The summed E-state index contributed by atoms with van der Waals surface area (Å²) >= 11 is 0. The minimum absolute atomic E-state index is 0.0921. The van der Waals surface area contributed by atoms with Gasteiger partial charge in [-0.3, -0.25) is 9.59 Å². The average Bonchev–Trinajstić information content (AvgIpc) is 2.54. The number of rotatable bonds is 5. The zero-order valence-corrected chi connectivity index (χ0v) is 13.4. The maximum Gasteiger partial charge on any atom is 0.223 e. The largest absolute Gasteiger partial charge is 0.463 e. The summed E-state index contributed by atoms with van der Waals surface area (Å²) in [6, 6.07) is 5.23. The van der Waals surface area contributed by atoms with Crippen LogP contribution in [0.15, 0.2) is 24.3 Å². The van der Waals surface area contributed by atoms with E-state index in [9.17, 15) is 24.9 Å². The van der Waals surface area contributed by atoms with E-state index in [2.05, 4.69) is 5.32 Å². The maximum atomic E-state index is 11.3. The monoisotopic (exact) mass is 339 g/mol. The lowest BCUT2D eigenvalue weighted by Crippen LogP contribution is -2.65. The van der Waals surface area contributed by atoms with Crippen molar-refractivity contribution in [2.24, 2.45) is 0 Å². The van der Waals surface area contributed by atoms with Crippen LogP contribution in [0, 0.1) is 0 Å². The van der Waals surface area contributed by atoms with Crippen LogP contribution in [-0.4, -0.2) is 64.3 Å². The van der Waals surface area contributed by atoms with E-state index in [4.69, 9.17) is 9.47 Å². The molecule has 0 radical (unpaired) electrons. The SMILES string of the molecule is CC(=O)N[C@H]1[C@@H](Oc2ccc(C(C)=O)cc2)O[C@H](CO)[C@H](O)[C@H]1O. The van der Waals surface area contributed by atoms with Crippen molar-refractivity contribution >= 4 is 11.7 Å². The smallest absolute Gasteiger partial charge is 0.223 e. The Morgan fingerprint density at radius 1 is 1.17 bits per heavy atom. The van der Waals surface area contributed by atoms with Crippen molar-refractivity contribution in [1.29, 1.82) is 0 Å². The Morgan fingerprint density at radius 2 is 1.79 bits per heavy atom. The number of benzene rings is 1. The maximum absolute atomic E-state index is 11.3. The molecule has 1 aliphatic rings. The van der Waals surface area contributed by atoms with Crippen LogP contribution in [0.4, 0.5) is 0 Å². The van der Waals surface area contributed by atoms with E-state index in [0.29, 0.717) is 11.3 Å². The van der Waals surface area contributed by atoms with Crippen molar-refractivity contribution in [3.8, 4) is 5.75 Å². The molecule has 0 unspecified atom stereocenters. The molecule has 4 N–H and O–H groups in total. The lowest BCUT2D eigenvalue weighted by molar-refractivity contribution is -0.244. The standard InChI is InChI=1S/C16H21NO7/c1-8(19)10-3-5-11(6-4-10)23-16-13(17-9(2)20)15(22)14(21)12(7-18)24-16/h3-6,12-16,18,21-22H,7H2,1-2H3,(H,17,20)/t12-,13-,14+,15+,16+/m1/s1. The van der Waals surface area contributed by atoms with Crippen LogP contribution >= 0.6 is 0 Å². The fourth-order valence-corrected chi connectivity index (χ4v) is 2.47. The molecule has 0 saturated carbocycles. The molecule has 1 saturated heterocycles. The molecule has 1 aliphatic heterocycles. The molecule has 1 aromatic carbocycles. The van der Waals surface area contributed by atoms with Crippen molar-refractivity contribution in [3.05, 3.63) is 29.8 Å². The summed E-state index contributed by atoms with van der Waals surface area (Å²) < 4.78 is 11.1. The highest BCUT2D eigenvalue weighted by Crippen LogP contribution is 2.24. The Bertz CT molecular complexity index is 589. The summed E-state index contributed by atoms with van der Waals surface area (Å²) in [5.74, 6) is -0.177. The number of hydrogen-bond donors (Lipinski definition) is 4. The van der Waals surface area contributed by atoms with Gasteiger partial charge in [-0.1, -0.05) is 0 Å². The lowest BCUT2D eigenvalue weighted by atomic mass is 9.97. The van der Waals surface area contributed by atoms with E-state index in [1.165, 1.54) is 13.8 Å². The first-order chi connectivity index (χ1) is 11.3. The van der Waals surface area contributed by atoms with Crippen LogP contribution in [-0.2, 0) is 9.53 Å². The molecule has 1 amide bonds. The predicted molar refractivity (Wildman–Crippen MR) is 82.4 cm³/mol. The van der Waals surface area contributed by atoms with Gasteiger partial charge in [-0.2, -0.15) is 0 Å². The van der Waals surface area contributed by atoms with Gasteiger partial charge >= 0.3 is 0 Å². The van der Waals surface area contributed by atoms with E-state index < -0.39 is 43.2 Å². The Hall–Kier alpha value is -2.00. The van der Waals surface area contributed by atoms with Crippen LogP contribution < -0.4 is 10.1 Å². The number of carbonyl (C=O) groups is 2. The molecule has 2 rings (SSSR count). The number of carbonyl (C=O) groups excluding carboxylic acids is 2. The van der Waals surface area contributed by atoms with Gasteiger partial charge in [0.25, 0.3) is 0 Å². The Labute approximate surface area is 139 Å². The zero-order chi connectivity index (χ0) is 17.9. The fraction of sp³-hybridized carbons (Fsp3) is 0.500. The topological polar surface area (TPSA) is 125 Å². The Balaban J connectivity index is 2.19. The summed E-state index contributed by atoms with van der Waals surface area (Å²) in [7, 11) is 0. The number of Topliss-reactive ketones (excluding diaryl/α,β-unsaturated/α-hetero) is 1. The minimum Gasteiger partial charge on any atom is -0.463 e. The average molecular weight is 339 g/mol. The third-order valence-corrected chi connectivity index (χ3v) is 3.76. The fourth-order valence-electron chi connectivity index (χ4n) is 2.47. The van der Waals surface area contributed by atoms with E-state index in [0.717, 1.165) is 0 Å². The minimum atomic E-state index is -1.37. The molecule has 0 aliphatic carbocycles. The molecule has 1 fully saturated rings. The second kappa shape index (κ2) is 7.71. The van der Waals surface area contributed by atoms with Gasteiger partial charge < -0.3 is 30.1 Å². The van der Waals surface area contributed by atoms with Crippen molar-refractivity contribution < 1.29 is 34.4 Å². The molecule has 0 aromatic heterocycles. The van der Waals surface area contributed by atoms with Gasteiger partial charge in [0.2, 0.25) is 12.2 Å². The second-order valence-corrected chi connectivity index (χ2v) is 5.63. The number of ether oxygens (including phenoxy) is 2. The van der Waals surface area contributed by atoms with Crippen molar-refractivity contribution in [2.75, 3.05) is 6.61 Å². The summed E-state index contributed by atoms with van der Waals surface area (Å²) in [5.41, 5.74) is 0.508. The van der Waals surface area contributed by atoms with Gasteiger partial charge in [0.1, 0.15) is 30.1 Å². The highest BCUT2D eigenvalue weighted by molar-refractivity contribution is 5.94. The van der Waals surface area contributed by atoms with E-state index in [-0.39, 0.29) is 5.78 Å². The molecule has 8 nitrogen and oxygen atoms in total. The molecule has 0 bridgehead atoms. The van der Waals surface area contributed by atoms with Crippen LogP contribution in [0.3, 0.4) is 0 Å². The van der Waals surface area contributed by atoms with Gasteiger partial charge in [0.15, 0.2) is 5.78 Å². The number of ketones is 1. The van der Waals surface area contributed by atoms with Crippen molar-refractivity contribution in [3.63, 3.8) is 0 Å². The molecule has 24 heavy (non-hydrogen) atoms. The molecule has 1 aromatic rings. The van der Waals surface area contributed by atoms with Crippen molar-refractivity contribution in [1.82, 2.24) is 5.32 Å². The van der Waals surface area contributed by atoms with Crippen molar-refractivity contribution in [2.45, 2.75) is 44.5 Å². The van der Waals surface area contributed by atoms with Gasteiger partial charge in [0.05, 0.1) is 6.61 Å². The third-order valence-electron chi connectivity index (χ3n) is 3.76. The van der Waals surface area contributed by atoms with Crippen LogP contribution in [0.5, 0.6) is 5.75 Å². The first-order valence-electron chi connectivity index (χ1n) is 7.50. The normalized spacial score (nSPS) is 29.8. The number of hydrogen-bond acceptors (Lipinski definition) is 7. The first-order valence-corrected chi connectivity index (χ1v) is 7.50. The molecular weight excluding hydrogens is 318 g/mol. The van der Waals surface area contributed by atoms with Gasteiger partial charge in [-0.25, -0.2) is 0 Å². The number of aliphatic hydroxyl groups excluding tert-OH is 3. The summed E-state index contributed by atoms with van der Waals surface area (Å²) in [4.78, 5) is 22.6. The summed E-state index contributed by atoms with van der Waals surface area (Å²) in [6.45, 7) is 2.18. The highest BCUT2D eigenvalue weighted by Gasteiger charge is 2.46. The van der Waals surface area contributed by atoms with Gasteiger partial charge in [-0.05, 0) is 31.2 Å². The molecule has 1 heterocycles. The first kappa shape index (κ1) is 18.3. The summed E-state index contributed by atoms with van der Waals surface area (Å²) in [5, 5.41) is 31.8. The third kappa shape index (κ3) is 4.09.